The summed E-state index contributed by atoms with van der Waals surface area (Å²) in [6.07, 6.45) is 0. The van der Waals surface area contributed by atoms with Crippen LogP contribution in [0.25, 0.3) is 86.3 Å². The van der Waals surface area contributed by atoms with E-state index in [2.05, 4.69) is 167 Å². The Bertz CT molecular complexity index is 2710. The van der Waals surface area contributed by atoms with Crippen LogP contribution < -0.4 is 0 Å². The first-order valence-electron chi connectivity index (χ1n) is 15.4. The van der Waals surface area contributed by atoms with Gasteiger partial charge in [0.15, 0.2) is 0 Å². The summed E-state index contributed by atoms with van der Waals surface area (Å²) in [7, 11) is 0. The lowest BCUT2D eigenvalue weighted by Crippen LogP contribution is -1.95. The Kier molecular flexibility index (Phi) is 5.19. The molecule has 0 atom stereocenters. The van der Waals surface area contributed by atoms with Crippen LogP contribution in [-0.2, 0) is 0 Å². The second-order valence-electron chi connectivity index (χ2n) is 11.8. The standard InChI is InChI=1S/C42H26N2S/c1-2-11-27(12-3-1)30-16-10-17-34-33-15-6-9-20-39(33)44(42(30)34)29-22-24-41-36(26-29)35-25-28(21-23-40(35)45-41)43-37-18-7-4-13-31(37)32-14-5-8-19-38(32)43/h1-26H. The first-order chi connectivity index (χ1) is 22.3. The summed E-state index contributed by atoms with van der Waals surface area (Å²) in [4.78, 5) is 0. The van der Waals surface area contributed by atoms with E-state index in [1.54, 1.807) is 0 Å². The van der Waals surface area contributed by atoms with E-state index in [0.717, 1.165) is 0 Å². The molecule has 3 heteroatoms. The van der Waals surface area contributed by atoms with Gasteiger partial charge < -0.3 is 9.13 Å². The molecule has 210 valence electrons. The van der Waals surface area contributed by atoms with Gasteiger partial charge >= 0.3 is 0 Å². The number of para-hydroxylation sites is 4. The summed E-state index contributed by atoms with van der Waals surface area (Å²) >= 11 is 1.87. The van der Waals surface area contributed by atoms with E-state index < -0.39 is 0 Å². The average molecular weight is 591 g/mol. The fourth-order valence-electron chi connectivity index (χ4n) is 7.37. The Morgan fingerprint density at radius 3 is 1.47 bits per heavy atom. The molecule has 0 fully saturated rings. The number of hydrogen-bond acceptors (Lipinski definition) is 1. The van der Waals surface area contributed by atoms with E-state index >= 15 is 0 Å². The molecule has 0 bridgehead atoms. The Balaban J connectivity index is 1.25. The second-order valence-corrected chi connectivity index (χ2v) is 12.8. The molecule has 0 saturated heterocycles. The van der Waals surface area contributed by atoms with Crippen molar-refractivity contribution in [3.63, 3.8) is 0 Å². The lowest BCUT2D eigenvalue weighted by Gasteiger charge is -2.12. The normalized spacial score (nSPS) is 12.0. The molecule has 0 amide bonds. The van der Waals surface area contributed by atoms with Crippen molar-refractivity contribution in [2.75, 3.05) is 0 Å². The maximum absolute atomic E-state index is 2.47. The summed E-state index contributed by atoms with van der Waals surface area (Å²) < 4.78 is 7.49. The molecule has 0 saturated carbocycles. The summed E-state index contributed by atoms with van der Waals surface area (Å²) in [5, 5.41) is 7.70. The highest BCUT2D eigenvalue weighted by Gasteiger charge is 2.18. The molecule has 10 aromatic rings. The third-order valence-corrected chi connectivity index (χ3v) is 10.5. The lowest BCUT2D eigenvalue weighted by molar-refractivity contribution is 1.18. The molecule has 0 radical (unpaired) electrons. The third kappa shape index (κ3) is 3.56. The topological polar surface area (TPSA) is 9.86 Å². The van der Waals surface area contributed by atoms with Crippen LogP contribution in [0, 0.1) is 0 Å². The molecule has 2 nitrogen and oxygen atoms in total. The van der Waals surface area contributed by atoms with E-state index in [4.69, 9.17) is 0 Å². The van der Waals surface area contributed by atoms with Crippen molar-refractivity contribution in [1.82, 2.24) is 9.13 Å². The molecule has 0 spiro atoms. The first-order valence-corrected chi connectivity index (χ1v) is 16.2. The predicted molar refractivity (Wildman–Crippen MR) is 193 cm³/mol. The number of fused-ring (bicyclic) bond motifs is 9. The van der Waals surface area contributed by atoms with Gasteiger partial charge in [0, 0.05) is 58.7 Å². The van der Waals surface area contributed by atoms with Gasteiger partial charge in [-0.15, -0.1) is 11.3 Å². The second kappa shape index (κ2) is 9.43. The SMILES string of the molecule is c1ccc(-c2cccc3c4ccccc4n(-c4ccc5sc6ccc(-n7c8ccccc8c8ccccc87)cc6c5c4)c23)cc1. The molecule has 0 unspecified atom stereocenters. The fraction of sp³-hybridized carbons (Fsp3) is 0. The van der Waals surface area contributed by atoms with Crippen LogP contribution >= 0.6 is 11.3 Å². The van der Waals surface area contributed by atoms with Crippen molar-refractivity contribution in [3.8, 4) is 22.5 Å². The first kappa shape index (κ1) is 24.8. The van der Waals surface area contributed by atoms with E-state index in [9.17, 15) is 0 Å². The summed E-state index contributed by atoms with van der Waals surface area (Å²) in [6, 6.07) is 57.7. The highest BCUT2D eigenvalue weighted by molar-refractivity contribution is 7.25. The molecule has 45 heavy (non-hydrogen) atoms. The zero-order chi connectivity index (χ0) is 29.5. The van der Waals surface area contributed by atoms with E-state index in [-0.39, 0.29) is 0 Å². The smallest absolute Gasteiger partial charge is 0.0619 e. The van der Waals surface area contributed by atoms with E-state index in [0.29, 0.717) is 0 Å². The van der Waals surface area contributed by atoms with Gasteiger partial charge in [-0.2, -0.15) is 0 Å². The number of aromatic nitrogens is 2. The minimum absolute atomic E-state index is 1.18. The Hall–Kier alpha value is -5.64. The van der Waals surface area contributed by atoms with E-state index in [1.807, 2.05) is 11.3 Å². The fourth-order valence-corrected chi connectivity index (χ4v) is 8.44. The van der Waals surface area contributed by atoms with Crippen LogP contribution in [0.5, 0.6) is 0 Å². The minimum Gasteiger partial charge on any atom is -0.309 e. The molecular formula is C42H26N2S. The van der Waals surface area contributed by atoms with Crippen molar-refractivity contribution < 1.29 is 0 Å². The predicted octanol–water partition coefficient (Wildman–Crippen LogP) is 11.9. The Labute approximate surface area is 263 Å². The Morgan fingerprint density at radius 1 is 0.356 bits per heavy atom. The van der Waals surface area contributed by atoms with Crippen molar-refractivity contribution >= 4 is 75.1 Å². The highest BCUT2D eigenvalue weighted by atomic mass is 32.1. The molecule has 7 aromatic carbocycles. The molecule has 0 aliphatic carbocycles. The number of benzene rings is 7. The summed E-state index contributed by atoms with van der Waals surface area (Å²) in [5.74, 6) is 0. The molecular weight excluding hydrogens is 565 g/mol. The lowest BCUT2D eigenvalue weighted by atomic mass is 10.0. The van der Waals surface area contributed by atoms with Gasteiger partial charge in [0.1, 0.15) is 0 Å². The quantitative estimate of drug-likeness (QED) is 0.194. The molecule has 0 N–H and O–H groups in total. The molecule has 3 aromatic heterocycles. The number of thiophene rings is 1. The van der Waals surface area contributed by atoms with Crippen molar-refractivity contribution in [2.24, 2.45) is 0 Å². The zero-order valence-corrected chi connectivity index (χ0v) is 25.1. The van der Waals surface area contributed by atoms with Crippen molar-refractivity contribution in [3.05, 3.63) is 158 Å². The van der Waals surface area contributed by atoms with Crippen LogP contribution in [0.2, 0.25) is 0 Å². The molecule has 3 heterocycles. The van der Waals surface area contributed by atoms with Crippen LogP contribution in [0.15, 0.2) is 158 Å². The van der Waals surface area contributed by atoms with Gasteiger partial charge in [0.25, 0.3) is 0 Å². The number of rotatable bonds is 3. The minimum atomic E-state index is 1.18. The van der Waals surface area contributed by atoms with Gasteiger partial charge in [-0.25, -0.2) is 0 Å². The van der Waals surface area contributed by atoms with Crippen molar-refractivity contribution in [1.29, 1.82) is 0 Å². The van der Waals surface area contributed by atoms with Gasteiger partial charge in [0.2, 0.25) is 0 Å². The van der Waals surface area contributed by atoms with Crippen LogP contribution in [0.4, 0.5) is 0 Å². The molecule has 0 aliphatic heterocycles. The highest BCUT2D eigenvalue weighted by Crippen LogP contribution is 2.42. The number of nitrogens with zero attached hydrogens (tertiary/aromatic N) is 2. The third-order valence-electron chi connectivity index (χ3n) is 9.31. The van der Waals surface area contributed by atoms with Crippen LogP contribution in [0.1, 0.15) is 0 Å². The maximum Gasteiger partial charge on any atom is 0.0619 e. The largest absolute Gasteiger partial charge is 0.309 e. The van der Waals surface area contributed by atoms with Crippen LogP contribution in [-0.4, -0.2) is 9.13 Å². The monoisotopic (exact) mass is 590 g/mol. The van der Waals surface area contributed by atoms with Gasteiger partial charge in [-0.3, -0.25) is 0 Å². The summed E-state index contributed by atoms with van der Waals surface area (Å²) in [6.45, 7) is 0. The summed E-state index contributed by atoms with van der Waals surface area (Å²) in [5.41, 5.74) is 9.77. The van der Waals surface area contributed by atoms with Gasteiger partial charge in [0.05, 0.1) is 22.1 Å². The Morgan fingerprint density at radius 2 is 0.844 bits per heavy atom. The van der Waals surface area contributed by atoms with E-state index in [1.165, 1.54) is 86.3 Å². The number of hydrogen-bond donors (Lipinski definition) is 0. The maximum atomic E-state index is 2.47. The van der Waals surface area contributed by atoms with Crippen molar-refractivity contribution in [2.45, 2.75) is 0 Å². The molecule has 0 aliphatic rings. The van der Waals surface area contributed by atoms with Gasteiger partial charge in [-0.05, 0) is 60.2 Å². The van der Waals surface area contributed by atoms with Gasteiger partial charge in [-0.1, -0.05) is 103 Å². The average Bonchev–Trinajstić information content (AvgIpc) is 3.76. The zero-order valence-electron chi connectivity index (χ0n) is 24.3. The molecule has 10 rings (SSSR count). The van der Waals surface area contributed by atoms with Crippen LogP contribution in [0.3, 0.4) is 0 Å².